The van der Waals surface area contributed by atoms with E-state index in [2.05, 4.69) is 13.8 Å². The first kappa shape index (κ1) is 47.0. The molecular formula is C36H68O6Ti. The number of hydrogen-bond donors (Lipinski definition) is 0. The number of unbranched alkanes of at least 4 members (excludes halogenated alkanes) is 26. The van der Waals surface area contributed by atoms with Crippen molar-refractivity contribution in [3.8, 4) is 0 Å². The summed E-state index contributed by atoms with van der Waals surface area (Å²) in [6.07, 6.45) is 32.7. The number of hydrogen-bond acceptors (Lipinski definition) is 6. The average molecular weight is 645 g/mol. The number of aliphatic carboxylic acids is 2. The molecule has 0 radical (unpaired) electrons. The van der Waals surface area contributed by atoms with Crippen molar-refractivity contribution in [3.63, 3.8) is 0 Å². The maximum Gasteiger partial charge on any atom is 4.00 e. The zero-order chi connectivity index (χ0) is 31.5. The summed E-state index contributed by atoms with van der Waals surface area (Å²) in [5.74, 6) is -2.91. The molecule has 0 heterocycles. The van der Waals surface area contributed by atoms with Gasteiger partial charge in [-0.1, -0.05) is 219 Å². The van der Waals surface area contributed by atoms with Gasteiger partial charge < -0.3 is 30.0 Å². The number of rotatable bonds is 32. The van der Waals surface area contributed by atoms with Crippen LogP contribution in [0.15, 0.2) is 0 Å². The Kier molecular flexibility index (Phi) is 43.3. The molecule has 43 heavy (non-hydrogen) atoms. The Morgan fingerprint density at radius 1 is 0.372 bits per heavy atom. The first-order chi connectivity index (χ1) is 20.4. The van der Waals surface area contributed by atoms with Crippen LogP contribution in [0.25, 0.3) is 0 Å². The SMILES string of the molecule is CCCCCCCCCCCCCCCCC([O-])C(=O)[O-].CCCCCCCCCCCCCCCCC([O-])C(=O)[O-].[Ti+4]. The molecule has 0 saturated heterocycles. The Bertz CT molecular complexity index is 512. The van der Waals surface area contributed by atoms with Gasteiger partial charge >= 0.3 is 21.7 Å². The molecule has 2 atom stereocenters. The van der Waals surface area contributed by atoms with E-state index in [-0.39, 0.29) is 34.6 Å². The van der Waals surface area contributed by atoms with Gasteiger partial charge in [-0.2, -0.15) is 0 Å². The van der Waals surface area contributed by atoms with Crippen LogP contribution >= 0.6 is 0 Å². The molecule has 0 aromatic rings. The van der Waals surface area contributed by atoms with E-state index in [9.17, 15) is 30.0 Å². The fourth-order valence-electron chi connectivity index (χ4n) is 5.28. The van der Waals surface area contributed by atoms with Gasteiger partial charge in [0.1, 0.15) is 0 Å². The van der Waals surface area contributed by atoms with Crippen LogP contribution in [0.4, 0.5) is 0 Å². The fraction of sp³-hybridized carbons (Fsp3) is 0.944. The van der Waals surface area contributed by atoms with Crippen LogP contribution in [0, 0.1) is 0 Å². The summed E-state index contributed by atoms with van der Waals surface area (Å²) < 4.78 is 0. The molecule has 0 spiro atoms. The monoisotopic (exact) mass is 644 g/mol. The van der Waals surface area contributed by atoms with Crippen molar-refractivity contribution in [2.24, 2.45) is 0 Å². The average Bonchev–Trinajstić information content (AvgIpc) is 2.97. The van der Waals surface area contributed by atoms with Crippen molar-refractivity contribution < 1.29 is 51.7 Å². The van der Waals surface area contributed by atoms with Crippen LogP contribution in [-0.2, 0) is 31.3 Å². The molecule has 0 N–H and O–H groups in total. The summed E-state index contributed by atoms with van der Waals surface area (Å²) in [5, 5.41) is 42.2. The van der Waals surface area contributed by atoms with Gasteiger partial charge in [0.15, 0.2) is 0 Å². The maximum absolute atomic E-state index is 10.9. The molecule has 0 aromatic carbocycles. The molecule has 0 aliphatic rings. The first-order valence-corrected chi connectivity index (χ1v) is 18.1. The largest absolute Gasteiger partial charge is 4.00 e. The number of carbonyl (C=O) groups is 2. The Morgan fingerprint density at radius 3 is 0.698 bits per heavy atom. The second kappa shape index (κ2) is 39.6. The van der Waals surface area contributed by atoms with E-state index in [0.717, 1.165) is 38.5 Å². The third-order valence-electron chi connectivity index (χ3n) is 8.17. The van der Waals surface area contributed by atoms with Crippen LogP contribution in [0.1, 0.15) is 206 Å². The molecule has 0 amide bonds. The Morgan fingerprint density at radius 2 is 0.535 bits per heavy atom. The van der Waals surface area contributed by atoms with Crippen molar-refractivity contribution in [2.75, 3.05) is 0 Å². The summed E-state index contributed by atoms with van der Waals surface area (Å²) in [7, 11) is 0. The molecular weight excluding hydrogens is 576 g/mol. The molecule has 0 fully saturated rings. The van der Waals surface area contributed by atoms with Gasteiger partial charge in [-0.25, -0.2) is 0 Å². The third-order valence-corrected chi connectivity index (χ3v) is 8.17. The molecule has 0 saturated carbocycles. The molecule has 0 aliphatic carbocycles. The van der Waals surface area contributed by atoms with Crippen molar-refractivity contribution >= 4 is 11.9 Å². The minimum absolute atomic E-state index is 0. The Labute approximate surface area is 281 Å². The predicted molar refractivity (Wildman–Crippen MR) is 167 cm³/mol. The van der Waals surface area contributed by atoms with E-state index in [4.69, 9.17) is 0 Å². The Balaban J connectivity index is -0.000000727. The van der Waals surface area contributed by atoms with E-state index in [1.165, 1.54) is 141 Å². The number of carbonyl (C=O) groups excluding carboxylic acids is 2. The van der Waals surface area contributed by atoms with Crippen LogP contribution < -0.4 is 20.4 Å². The molecule has 0 aliphatic heterocycles. The molecule has 0 bridgehead atoms. The third kappa shape index (κ3) is 41.6. The summed E-state index contributed by atoms with van der Waals surface area (Å²) in [6.45, 7) is 4.50. The van der Waals surface area contributed by atoms with Gasteiger partial charge in [0.05, 0.1) is 0 Å². The van der Waals surface area contributed by atoms with Crippen molar-refractivity contribution in [3.05, 3.63) is 0 Å². The quantitative estimate of drug-likeness (QED) is 0.0595. The summed E-state index contributed by atoms with van der Waals surface area (Å²) in [4.78, 5) is 20.5. The maximum atomic E-state index is 10.9. The summed E-state index contributed by atoms with van der Waals surface area (Å²) >= 11 is 0. The van der Waals surface area contributed by atoms with E-state index in [0.29, 0.717) is 0 Å². The second-order valence-corrected chi connectivity index (χ2v) is 12.4. The smallest absolute Gasteiger partial charge is 0.848 e. The fourth-order valence-corrected chi connectivity index (χ4v) is 5.28. The first-order valence-electron chi connectivity index (χ1n) is 18.1. The van der Waals surface area contributed by atoms with Gasteiger partial charge in [-0.15, -0.1) is 0 Å². The van der Waals surface area contributed by atoms with Crippen molar-refractivity contribution in [1.82, 2.24) is 0 Å². The molecule has 7 heteroatoms. The zero-order valence-electron chi connectivity index (χ0n) is 28.3. The van der Waals surface area contributed by atoms with Crippen molar-refractivity contribution in [2.45, 2.75) is 219 Å². The normalized spacial score (nSPS) is 12.2. The van der Waals surface area contributed by atoms with Gasteiger partial charge in [0, 0.05) is 11.9 Å². The topological polar surface area (TPSA) is 126 Å². The second-order valence-electron chi connectivity index (χ2n) is 12.4. The Hall–Kier alpha value is -0.426. The molecule has 0 rings (SSSR count). The van der Waals surface area contributed by atoms with Crippen LogP contribution in [0.2, 0.25) is 0 Å². The van der Waals surface area contributed by atoms with Crippen molar-refractivity contribution in [1.29, 1.82) is 0 Å². The molecule has 2 unspecified atom stereocenters. The number of carboxylic acid groups (broad SMARTS) is 2. The van der Waals surface area contributed by atoms with Gasteiger partial charge in [0.25, 0.3) is 0 Å². The van der Waals surface area contributed by atoms with Crippen LogP contribution in [0.3, 0.4) is 0 Å². The van der Waals surface area contributed by atoms with E-state index >= 15 is 0 Å². The minimum Gasteiger partial charge on any atom is -0.848 e. The van der Waals surface area contributed by atoms with Gasteiger partial charge in [0.2, 0.25) is 0 Å². The summed E-state index contributed by atoms with van der Waals surface area (Å²) in [6, 6.07) is 0. The minimum atomic E-state index is -1.53. The van der Waals surface area contributed by atoms with E-state index in [1.807, 2.05) is 0 Å². The van der Waals surface area contributed by atoms with Gasteiger partial charge in [-0.3, -0.25) is 0 Å². The molecule has 6 nitrogen and oxygen atoms in total. The standard InChI is InChI=1S/2C18H35O3.Ti/c2*1-2-3-4-5-6-7-8-9-10-11-12-13-14-15-16-17(19)18(20)21;/h2*17H,2-16H2,1H3,(H,20,21);/q2*-1;+4/p-2. The van der Waals surface area contributed by atoms with E-state index < -0.39 is 24.1 Å². The van der Waals surface area contributed by atoms with Crippen LogP contribution in [-0.4, -0.2) is 24.1 Å². The van der Waals surface area contributed by atoms with Gasteiger partial charge in [-0.05, 0) is 0 Å². The zero-order valence-corrected chi connectivity index (χ0v) is 29.9. The molecule has 252 valence electrons. The molecule has 0 aromatic heterocycles. The van der Waals surface area contributed by atoms with E-state index in [1.54, 1.807) is 0 Å². The number of carboxylic acids is 2. The summed E-state index contributed by atoms with van der Waals surface area (Å²) in [5.41, 5.74) is 0. The predicted octanol–water partition coefficient (Wildman–Crippen LogP) is 6.67. The van der Waals surface area contributed by atoms with Crippen LogP contribution in [0.5, 0.6) is 0 Å².